The molecule has 0 radical (unpaired) electrons. The van der Waals surface area contributed by atoms with Crippen molar-refractivity contribution in [2.24, 2.45) is 5.92 Å². The van der Waals surface area contributed by atoms with Crippen molar-refractivity contribution in [1.82, 2.24) is 19.9 Å². The van der Waals surface area contributed by atoms with Crippen LogP contribution in [0.1, 0.15) is 24.1 Å². The first kappa shape index (κ1) is 19.2. The molecule has 5 rings (SSSR count). The zero-order valence-corrected chi connectivity index (χ0v) is 16.4. The van der Waals surface area contributed by atoms with Gasteiger partial charge in [-0.2, -0.15) is 13.2 Å². The lowest BCUT2D eigenvalue weighted by Gasteiger charge is -2.39. The van der Waals surface area contributed by atoms with Crippen molar-refractivity contribution in [1.29, 1.82) is 0 Å². The van der Waals surface area contributed by atoms with Crippen LogP contribution in [0.25, 0.3) is 11.0 Å². The summed E-state index contributed by atoms with van der Waals surface area (Å²) in [4.78, 5) is 17.6. The largest absolute Gasteiger partial charge is 0.433 e. The third-order valence-electron chi connectivity index (χ3n) is 6.24. The van der Waals surface area contributed by atoms with Crippen molar-refractivity contribution in [3.8, 4) is 0 Å². The van der Waals surface area contributed by atoms with E-state index in [1.165, 1.54) is 6.20 Å². The van der Waals surface area contributed by atoms with Crippen molar-refractivity contribution in [3.63, 3.8) is 0 Å². The van der Waals surface area contributed by atoms with Gasteiger partial charge in [0.15, 0.2) is 0 Å². The number of hydrogen-bond acceptors (Lipinski definition) is 5. The Morgan fingerprint density at radius 1 is 0.933 bits per heavy atom. The van der Waals surface area contributed by atoms with Gasteiger partial charge in [0, 0.05) is 31.9 Å². The molecule has 5 nitrogen and oxygen atoms in total. The van der Waals surface area contributed by atoms with Gasteiger partial charge in [0.1, 0.15) is 11.5 Å². The van der Waals surface area contributed by atoms with E-state index >= 15 is 0 Å². The summed E-state index contributed by atoms with van der Waals surface area (Å²) < 4.78 is 38.3. The molecule has 0 amide bonds. The summed E-state index contributed by atoms with van der Waals surface area (Å²) in [7, 11) is 0. The molecule has 2 aliphatic heterocycles. The lowest BCUT2D eigenvalue weighted by molar-refractivity contribution is -0.141. The second-order valence-electron chi connectivity index (χ2n) is 8.09. The molecule has 1 aromatic carbocycles. The molecule has 8 heteroatoms. The third-order valence-corrected chi connectivity index (χ3v) is 6.24. The number of aromatic nitrogens is 3. The van der Waals surface area contributed by atoms with E-state index in [0.29, 0.717) is 18.5 Å². The quantitative estimate of drug-likeness (QED) is 0.646. The van der Waals surface area contributed by atoms with Gasteiger partial charge in [-0.3, -0.25) is 14.9 Å². The zero-order valence-electron chi connectivity index (χ0n) is 16.4. The zero-order chi connectivity index (χ0) is 20.7. The molecule has 2 unspecified atom stereocenters. The number of benzene rings is 1. The molecule has 30 heavy (non-hydrogen) atoms. The predicted octanol–water partition coefficient (Wildman–Crippen LogP) is 4.14. The highest BCUT2D eigenvalue weighted by molar-refractivity contribution is 5.75. The van der Waals surface area contributed by atoms with E-state index in [1.807, 2.05) is 30.5 Å². The number of likely N-dealkylation sites (tertiary alicyclic amines) is 1. The topological polar surface area (TPSA) is 45.2 Å². The molecule has 0 spiro atoms. The Kier molecular flexibility index (Phi) is 4.81. The molecule has 2 saturated heterocycles. The van der Waals surface area contributed by atoms with Gasteiger partial charge in [0.05, 0.1) is 17.2 Å². The first-order valence-electron chi connectivity index (χ1n) is 10.2. The number of piperidine rings is 1. The summed E-state index contributed by atoms with van der Waals surface area (Å²) >= 11 is 0. The van der Waals surface area contributed by atoms with Crippen LogP contribution in [0.4, 0.5) is 19.0 Å². The molecule has 3 aromatic rings. The summed E-state index contributed by atoms with van der Waals surface area (Å²) in [6.07, 6.45) is 0.992. The number of pyridine rings is 1. The van der Waals surface area contributed by atoms with Gasteiger partial charge >= 0.3 is 6.18 Å². The van der Waals surface area contributed by atoms with Crippen LogP contribution in [-0.4, -0.2) is 45.5 Å². The van der Waals surface area contributed by atoms with Crippen LogP contribution in [0.5, 0.6) is 0 Å². The maximum Gasteiger partial charge on any atom is 0.433 e. The molecule has 2 fully saturated rings. The van der Waals surface area contributed by atoms with E-state index in [1.54, 1.807) is 6.07 Å². The van der Waals surface area contributed by atoms with Gasteiger partial charge in [0.2, 0.25) is 0 Å². The number of hydrogen-bond donors (Lipinski definition) is 0. The summed E-state index contributed by atoms with van der Waals surface area (Å²) in [5.74, 6) is 1.49. The van der Waals surface area contributed by atoms with Crippen LogP contribution in [0.2, 0.25) is 0 Å². The van der Waals surface area contributed by atoms with Crippen LogP contribution >= 0.6 is 0 Å². The fraction of sp³-hybridized carbons (Fsp3) is 0.409. The number of fused-ring (bicyclic) bond motifs is 2. The average molecular weight is 413 g/mol. The molecular formula is C22H22F3N5. The molecule has 0 saturated carbocycles. The van der Waals surface area contributed by atoms with Crippen molar-refractivity contribution < 1.29 is 13.2 Å². The number of para-hydroxylation sites is 2. The third kappa shape index (κ3) is 3.71. The van der Waals surface area contributed by atoms with Gasteiger partial charge in [-0.25, -0.2) is 4.98 Å². The van der Waals surface area contributed by atoms with E-state index in [9.17, 15) is 13.2 Å². The van der Waals surface area contributed by atoms with E-state index in [-0.39, 0.29) is 0 Å². The molecule has 0 N–H and O–H groups in total. The van der Waals surface area contributed by atoms with E-state index in [4.69, 9.17) is 4.98 Å². The highest BCUT2D eigenvalue weighted by Gasteiger charge is 2.39. The highest BCUT2D eigenvalue weighted by atomic mass is 19.4. The number of halogens is 3. The normalized spacial score (nSPS) is 22.4. The molecule has 0 aliphatic carbocycles. The lowest BCUT2D eigenvalue weighted by atomic mass is 9.92. The first-order chi connectivity index (χ1) is 14.5. The number of rotatable bonds is 3. The molecule has 2 atom stereocenters. The van der Waals surface area contributed by atoms with Crippen LogP contribution in [0.3, 0.4) is 0 Å². The average Bonchev–Trinajstić information content (AvgIpc) is 3.15. The van der Waals surface area contributed by atoms with Gasteiger partial charge in [-0.15, -0.1) is 0 Å². The Morgan fingerprint density at radius 2 is 1.73 bits per heavy atom. The fourth-order valence-electron chi connectivity index (χ4n) is 4.65. The maximum absolute atomic E-state index is 12.8. The van der Waals surface area contributed by atoms with E-state index in [2.05, 4.69) is 19.8 Å². The van der Waals surface area contributed by atoms with E-state index in [0.717, 1.165) is 61.0 Å². The standard InChI is InChI=1S/C22H22F3N5/c23-22(24,25)20-6-5-15(11-27-20)13-29-9-7-16-8-10-30(14-19(16)29)21-12-26-17-3-1-2-4-18(17)28-21/h1-6,11-12,16,19H,7-10,13-14H2. The lowest BCUT2D eigenvalue weighted by Crippen LogP contribution is -2.48. The summed E-state index contributed by atoms with van der Waals surface area (Å²) in [5.41, 5.74) is 1.74. The maximum atomic E-state index is 12.8. The van der Waals surface area contributed by atoms with Gasteiger partial charge in [-0.1, -0.05) is 18.2 Å². The van der Waals surface area contributed by atoms with Crippen LogP contribution in [0, 0.1) is 5.92 Å². The van der Waals surface area contributed by atoms with Crippen LogP contribution in [0.15, 0.2) is 48.8 Å². The highest BCUT2D eigenvalue weighted by Crippen LogP contribution is 2.34. The molecule has 0 bridgehead atoms. The first-order valence-corrected chi connectivity index (χ1v) is 10.2. The molecule has 2 aliphatic rings. The van der Waals surface area contributed by atoms with Crippen molar-refractivity contribution in [3.05, 3.63) is 60.0 Å². The SMILES string of the molecule is FC(F)(F)c1ccc(CN2CCC3CCN(c4cnc5ccccc5n4)CC32)cn1. The molecule has 2 aromatic heterocycles. The van der Waals surface area contributed by atoms with Gasteiger partial charge in [-0.05, 0) is 49.1 Å². The Balaban J connectivity index is 1.31. The minimum Gasteiger partial charge on any atom is -0.354 e. The Morgan fingerprint density at radius 3 is 2.50 bits per heavy atom. The summed E-state index contributed by atoms with van der Waals surface area (Å²) in [6, 6.07) is 10.8. The summed E-state index contributed by atoms with van der Waals surface area (Å²) in [5, 5.41) is 0. The predicted molar refractivity (Wildman–Crippen MR) is 108 cm³/mol. The fourth-order valence-corrected chi connectivity index (χ4v) is 4.65. The monoisotopic (exact) mass is 413 g/mol. The van der Waals surface area contributed by atoms with Gasteiger partial charge in [0.25, 0.3) is 0 Å². The van der Waals surface area contributed by atoms with Crippen molar-refractivity contribution in [2.75, 3.05) is 24.5 Å². The second-order valence-corrected chi connectivity index (χ2v) is 8.09. The van der Waals surface area contributed by atoms with Crippen LogP contribution in [-0.2, 0) is 12.7 Å². The number of alkyl halides is 3. The van der Waals surface area contributed by atoms with Crippen molar-refractivity contribution in [2.45, 2.75) is 31.6 Å². The van der Waals surface area contributed by atoms with Gasteiger partial charge < -0.3 is 4.90 Å². The molecular weight excluding hydrogens is 391 g/mol. The Hall–Kier alpha value is -2.74. The summed E-state index contributed by atoms with van der Waals surface area (Å²) in [6.45, 7) is 3.37. The number of nitrogens with zero attached hydrogens (tertiary/aromatic N) is 5. The Labute approximate surface area is 172 Å². The van der Waals surface area contributed by atoms with Crippen LogP contribution < -0.4 is 4.90 Å². The molecule has 4 heterocycles. The Bertz CT molecular complexity index is 1040. The van der Waals surface area contributed by atoms with Crippen molar-refractivity contribution >= 4 is 16.9 Å². The minimum atomic E-state index is -4.40. The molecule has 156 valence electrons. The number of anilines is 1. The smallest absolute Gasteiger partial charge is 0.354 e. The van der Waals surface area contributed by atoms with E-state index < -0.39 is 11.9 Å². The minimum absolute atomic E-state index is 0.356. The second kappa shape index (κ2) is 7.50.